The number of halogens is 3. The standard InChI is InChI=1S/C10H21F3N2/c1-8(2)5-9(6-14)7-15-4-3-10(11,12)13/h8-9,15H,3-7,14H2,1-2H3. The summed E-state index contributed by atoms with van der Waals surface area (Å²) in [4.78, 5) is 0. The Labute approximate surface area is 89.4 Å². The number of alkyl halides is 3. The Kier molecular flexibility index (Phi) is 6.92. The molecule has 2 nitrogen and oxygen atoms in total. The summed E-state index contributed by atoms with van der Waals surface area (Å²) in [5.74, 6) is 0.807. The molecule has 0 aliphatic carbocycles. The van der Waals surface area contributed by atoms with Crippen molar-refractivity contribution in [3.05, 3.63) is 0 Å². The Morgan fingerprint density at radius 2 is 1.87 bits per heavy atom. The molecule has 0 aliphatic rings. The molecule has 92 valence electrons. The Morgan fingerprint density at radius 1 is 1.27 bits per heavy atom. The molecule has 15 heavy (non-hydrogen) atoms. The van der Waals surface area contributed by atoms with Crippen molar-refractivity contribution in [1.29, 1.82) is 0 Å². The van der Waals surface area contributed by atoms with E-state index in [1.165, 1.54) is 0 Å². The zero-order chi connectivity index (χ0) is 11.9. The Morgan fingerprint density at radius 3 is 2.27 bits per heavy atom. The lowest BCUT2D eigenvalue weighted by molar-refractivity contribution is -0.133. The summed E-state index contributed by atoms with van der Waals surface area (Å²) < 4.78 is 35.4. The number of nitrogens with one attached hydrogen (secondary N) is 1. The quantitative estimate of drug-likeness (QED) is 0.653. The van der Waals surface area contributed by atoms with Crippen LogP contribution in [-0.2, 0) is 0 Å². The molecule has 0 spiro atoms. The third-order valence-electron chi connectivity index (χ3n) is 2.16. The van der Waals surface area contributed by atoms with Crippen LogP contribution in [0.4, 0.5) is 13.2 Å². The van der Waals surface area contributed by atoms with Crippen LogP contribution in [0.1, 0.15) is 26.7 Å². The van der Waals surface area contributed by atoms with Crippen molar-refractivity contribution in [1.82, 2.24) is 5.32 Å². The molecule has 1 unspecified atom stereocenters. The van der Waals surface area contributed by atoms with Crippen molar-refractivity contribution in [2.75, 3.05) is 19.6 Å². The van der Waals surface area contributed by atoms with Gasteiger partial charge in [-0.3, -0.25) is 0 Å². The molecule has 0 aromatic rings. The Hall–Kier alpha value is -0.290. The molecule has 0 saturated heterocycles. The van der Waals surface area contributed by atoms with Crippen molar-refractivity contribution in [2.24, 2.45) is 17.6 Å². The van der Waals surface area contributed by atoms with E-state index in [-0.39, 0.29) is 12.5 Å². The van der Waals surface area contributed by atoms with E-state index in [2.05, 4.69) is 19.2 Å². The zero-order valence-corrected chi connectivity index (χ0v) is 9.40. The first-order valence-electron chi connectivity index (χ1n) is 5.32. The zero-order valence-electron chi connectivity index (χ0n) is 9.40. The maximum Gasteiger partial charge on any atom is 0.390 e. The molecule has 0 heterocycles. The maximum atomic E-state index is 11.8. The van der Waals surface area contributed by atoms with Crippen LogP contribution in [0, 0.1) is 11.8 Å². The lowest BCUT2D eigenvalue weighted by atomic mass is 9.97. The molecular weight excluding hydrogens is 205 g/mol. The van der Waals surface area contributed by atoms with Gasteiger partial charge in [-0.2, -0.15) is 13.2 Å². The lowest BCUT2D eigenvalue weighted by Gasteiger charge is -2.17. The summed E-state index contributed by atoms with van der Waals surface area (Å²) in [6, 6.07) is 0. The summed E-state index contributed by atoms with van der Waals surface area (Å²) in [7, 11) is 0. The van der Waals surface area contributed by atoms with E-state index in [4.69, 9.17) is 5.73 Å². The highest BCUT2D eigenvalue weighted by Crippen LogP contribution is 2.18. The van der Waals surface area contributed by atoms with Gasteiger partial charge in [-0.15, -0.1) is 0 Å². The maximum absolute atomic E-state index is 11.8. The van der Waals surface area contributed by atoms with Crippen molar-refractivity contribution < 1.29 is 13.2 Å². The van der Waals surface area contributed by atoms with Crippen LogP contribution in [0.15, 0.2) is 0 Å². The molecule has 0 saturated carbocycles. The highest BCUT2D eigenvalue weighted by atomic mass is 19.4. The molecular formula is C10H21F3N2. The second-order valence-electron chi connectivity index (χ2n) is 4.30. The number of hydrogen-bond donors (Lipinski definition) is 2. The van der Waals surface area contributed by atoms with Crippen molar-refractivity contribution in [3.8, 4) is 0 Å². The molecule has 5 heteroatoms. The summed E-state index contributed by atoms with van der Waals surface area (Å²) >= 11 is 0. The van der Waals surface area contributed by atoms with Crippen molar-refractivity contribution >= 4 is 0 Å². The number of nitrogens with two attached hydrogens (primary N) is 1. The van der Waals surface area contributed by atoms with Crippen LogP contribution in [0.3, 0.4) is 0 Å². The molecule has 0 amide bonds. The van der Waals surface area contributed by atoms with Gasteiger partial charge >= 0.3 is 6.18 Å². The van der Waals surface area contributed by atoms with Crippen LogP contribution in [0.5, 0.6) is 0 Å². The first kappa shape index (κ1) is 14.7. The average molecular weight is 226 g/mol. The highest BCUT2D eigenvalue weighted by molar-refractivity contribution is 4.66. The lowest BCUT2D eigenvalue weighted by Crippen LogP contribution is -2.31. The van der Waals surface area contributed by atoms with Gasteiger partial charge in [-0.25, -0.2) is 0 Å². The van der Waals surface area contributed by atoms with Crippen molar-refractivity contribution in [2.45, 2.75) is 32.9 Å². The predicted octanol–water partition coefficient (Wildman–Crippen LogP) is 2.15. The molecule has 3 N–H and O–H groups in total. The molecule has 0 bridgehead atoms. The van der Waals surface area contributed by atoms with Crippen LogP contribution in [0.25, 0.3) is 0 Å². The fourth-order valence-corrected chi connectivity index (χ4v) is 1.47. The summed E-state index contributed by atoms with van der Waals surface area (Å²) in [6.45, 7) is 5.25. The fraction of sp³-hybridized carbons (Fsp3) is 1.00. The molecule has 0 aromatic carbocycles. The Bertz CT molecular complexity index is 157. The van der Waals surface area contributed by atoms with Gasteiger partial charge in [0.2, 0.25) is 0 Å². The minimum absolute atomic E-state index is 0.0158. The fourth-order valence-electron chi connectivity index (χ4n) is 1.47. The van der Waals surface area contributed by atoms with E-state index in [1.54, 1.807) is 0 Å². The van der Waals surface area contributed by atoms with E-state index < -0.39 is 12.6 Å². The molecule has 0 aliphatic heterocycles. The van der Waals surface area contributed by atoms with Crippen LogP contribution < -0.4 is 11.1 Å². The molecule has 1 atom stereocenters. The van der Waals surface area contributed by atoms with Gasteiger partial charge in [-0.05, 0) is 31.3 Å². The van der Waals surface area contributed by atoms with E-state index in [9.17, 15) is 13.2 Å². The summed E-state index contributed by atoms with van der Waals surface area (Å²) in [5, 5.41) is 2.80. The first-order valence-corrected chi connectivity index (χ1v) is 5.32. The second-order valence-corrected chi connectivity index (χ2v) is 4.30. The molecule has 0 radical (unpaired) electrons. The summed E-state index contributed by atoms with van der Waals surface area (Å²) in [6.07, 6.45) is -3.88. The van der Waals surface area contributed by atoms with E-state index in [0.717, 1.165) is 6.42 Å². The van der Waals surface area contributed by atoms with Gasteiger partial charge in [0.15, 0.2) is 0 Å². The monoisotopic (exact) mass is 226 g/mol. The van der Waals surface area contributed by atoms with Gasteiger partial charge in [-0.1, -0.05) is 13.8 Å². The smallest absolute Gasteiger partial charge is 0.330 e. The first-order chi connectivity index (χ1) is 6.85. The predicted molar refractivity (Wildman–Crippen MR) is 55.5 cm³/mol. The van der Waals surface area contributed by atoms with Crippen molar-refractivity contribution in [3.63, 3.8) is 0 Å². The van der Waals surface area contributed by atoms with E-state index in [0.29, 0.717) is 19.0 Å². The van der Waals surface area contributed by atoms with E-state index in [1.807, 2.05) is 0 Å². The average Bonchev–Trinajstić information content (AvgIpc) is 2.08. The topological polar surface area (TPSA) is 38.0 Å². The number of hydrogen-bond acceptors (Lipinski definition) is 2. The molecule has 0 aromatic heterocycles. The minimum Gasteiger partial charge on any atom is -0.330 e. The van der Waals surface area contributed by atoms with Gasteiger partial charge in [0.25, 0.3) is 0 Å². The Balaban J connectivity index is 3.55. The van der Waals surface area contributed by atoms with E-state index >= 15 is 0 Å². The van der Waals surface area contributed by atoms with Gasteiger partial charge in [0, 0.05) is 6.54 Å². The number of rotatable bonds is 7. The SMILES string of the molecule is CC(C)CC(CN)CNCCC(F)(F)F. The third kappa shape index (κ3) is 10.0. The van der Waals surface area contributed by atoms with Gasteiger partial charge in [0.05, 0.1) is 6.42 Å². The highest BCUT2D eigenvalue weighted by Gasteiger charge is 2.26. The summed E-state index contributed by atoms with van der Waals surface area (Å²) in [5.41, 5.74) is 5.53. The molecule has 0 fully saturated rings. The van der Waals surface area contributed by atoms with Crippen LogP contribution >= 0.6 is 0 Å². The van der Waals surface area contributed by atoms with Gasteiger partial charge < -0.3 is 11.1 Å². The minimum atomic E-state index is -4.07. The van der Waals surface area contributed by atoms with Gasteiger partial charge in [0.1, 0.15) is 0 Å². The largest absolute Gasteiger partial charge is 0.390 e. The van der Waals surface area contributed by atoms with Crippen LogP contribution in [0.2, 0.25) is 0 Å². The van der Waals surface area contributed by atoms with Crippen LogP contribution in [-0.4, -0.2) is 25.8 Å². The second kappa shape index (κ2) is 7.06. The third-order valence-corrected chi connectivity index (χ3v) is 2.16. The molecule has 0 rings (SSSR count). The normalized spacial score (nSPS) is 14.6.